The van der Waals surface area contributed by atoms with Crippen LogP contribution in [-0.4, -0.2) is 38.4 Å². The van der Waals surface area contributed by atoms with Gasteiger partial charge in [0, 0.05) is 12.6 Å². The third-order valence-electron chi connectivity index (χ3n) is 6.17. The van der Waals surface area contributed by atoms with Crippen molar-refractivity contribution < 1.29 is 14.2 Å². The molecule has 1 atom stereocenters. The van der Waals surface area contributed by atoms with Crippen molar-refractivity contribution in [3.63, 3.8) is 0 Å². The Morgan fingerprint density at radius 1 is 1.07 bits per heavy atom. The second-order valence-electron chi connectivity index (χ2n) is 8.35. The molecule has 30 heavy (non-hydrogen) atoms. The Labute approximate surface area is 179 Å². The molecule has 1 fully saturated rings. The van der Waals surface area contributed by atoms with Gasteiger partial charge in [0.05, 0.1) is 18.1 Å². The maximum atomic E-state index is 10.0. The van der Waals surface area contributed by atoms with Gasteiger partial charge in [0.2, 0.25) is 6.79 Å². The zero-order valence-electron chi connectivity index (χ0n) is 17.7. The summed E-state index contributed by atoms with van der Waals surface area (Å²) in [6, 6.07) is 18.8. The van der Waals surface area contributed by atoms with E-state index in [1.165, 1.54) is 18.4 Å². The van der Waals surface area contributed by atoms with Gasteiger partial charge in [0.1, 0.15) is 5.75 Å². The summed E-state index contributed by atoms with van der Waals surface area (Å²) in [5, 5.41) is 10.0. The number of rotatable bonds is 11. The fourth-order valence-corrected chi connectivity index (χ4v) is 4.34. The van der Waals surface area contributed by atoms with Gasteiger partial charge in [-0.2, -0.15) is 5.26 Å². The van der Waals surface area contributed by atoms with Crippen LogP contribution < -0.4 is 14.2 Å². The van der Waals surface area contributed by atoms with Crippen LogP contribution in [0.5, 0.6) is 17.2 Å². The van der Waals surface area contributed by atoms with Crippen LogP contribution in [0.25, 0.3) is 0 Å². The van der Waals surface area contributed by atoms with E-state index in [4.69, 9.17) is 14.2 Å². The Kier molecular flexibility index (Phi) is 6.44. The largest absolute Gasteiger partial charge is 0.493 e. The van der Waals surface area contributed by atoms with Crippen molar-refractivity contribution >= 4 is 0 Å². The molecule has 2 aromatic rings. The van der Waals surface area contributed by atoms with Crippen LogP contribution in [0.3, 0.4) is 0 Å². The van der Waals surface area contributed by atoms with Gasteiger partial charge < -0.3 is 19.1 Å². The van der Waals surface area contributed by atoms with E-state index in [0.29, 0.717) is 12.5 Å². The molecule has 1 saturated carbocycles. The average Bonchev–Trinajstić information content (AvgIpc) is 3.53. The summed E-state index contributed by atoms with van der Waals surface area (Å²) in [4.78, 5) is 2.34. The van der Waals surface area contributed by atoms with E-state index in [-0.39, 0.29) is 12.2 Å². The number of ether oxygens (including phenoxy) is 3. The predicted octanol–water partition coefficient (Wildman–Crippen LogP) is 4.77. The molecule has 2 aromatic carbocycles. The number of benzene rings is 2. The molecule has 1 aliphatic carbocycles. The number of fused-ring (bicyclic) bond motifs is 1. The van der Waals surface area contributed by atoms with Gasteiger partial charge in [-0.1, -0.05) is 30.3 Å². The van der Waals surface area contributed by atoms with E-state index in [9.17, 15) is 5.26 Å². The maximum Gasteiger partial charge on any atom is 0.231 e. The minimum atomic E-state index is -0.315. The standard InChI is InChI=1S/C25H30N2O3/c1-27(15-6-16-28-22-11-12-23-24(17-22)30-19-29-23)14-5-13-25(18-26,21-9-10-21)20-7-3-2-4-8-20/h2-4,7-8,11-12,17,21H,5-6,9-10,13-16,19H2,1H3. The minimum Gasteiger partial charge on any atom is -0.493 e. The number of nitrogens with zero attached hydrogens (tertiary/aromatic N) is 2. The van der Waals surface area contributed by atoms with Crippen LogP contribution in [0.15, 0.2) is 48.5 Å². The Balaban J connectivity index is 1.19. The highest BCUT2D eigenvalue weighted by Crippen LogP contribution is 2.49. The summed E-state index contributed by atoms with van der Waals surface area (Å²) in [5.41, 5.74) is 0.875. The van der Waals surface area contributed by atoms with Crippen LogP contribution in [0.1, 0.15) is 37.7 Å². The Hall–Kier alpha value is -2.71. The van der Waals surface area contributed by atoms with E-state index in [2.05, 4.69) is 42.3 Å². The van der Waals surface area contributed by atoms with Crippen LogP contribution in [0.4, 0.5) is 0 Å². The van der Waals surface area contributed by atoms with E-state index in [0.717, 1.165) is 49.6 Å². The first kappa shape index (κ1) is 20.6. The molecule has 5 nitrogen and oxygen atoms in total. The summed E-state index contributed by atoms with van der Waals surface area (Å²) in [7, 11) is 2.15. The van der Waals surface area contributed by atoms with Gasteiger partial charge in [-0.15, -0.1) is 0 Å². The van der Waals surface area contributed by atoms with E-state index < -0.39 is 0 Å². The molecule has 1 unspecified atom stereocenters. The summed E-state index contributed by atoms with van der Waals surface area (Å²) < 4.78 is 16.6. The first-order valence-electron chi connectivity index (χ1n) is 10.9. The van der Waals surface area contributed by atoms with Crippen LogP contribution >= 0.6 is 0 Å². The SMILES string of the molecule is CN(CCCOc1ccc2c(c1)OCO2)CCCC(C#N)(c1ccccc1)C1CC1. The minimum absolute atomic E-state index is 0.279. The van der Waals surface area contributed by atoms with Gasteiger partial charge >= 0.3 is 0 Å². The lowest BCUT2D eigenvalue weighted by Gasteiger charge is -2.28. The smallest absolute Gasteiger partial charge is 0.231 e. The molecule has 1 aliphatic heterocycles. The maximum absolute atomic E-state index is 10.0. The monoisotopic (exact) mass is 406 g/mol. The van der Waals surface area contributed by atoms with Crippen molar-refractivity contribution in [2.45, 2.75) is 37.5 Å². The molecule has 158 valence electrons. The molecule has 0 amide bonds. The Morgan fingerprint density at radius 3 is 2.60 bits per heavy atom. The van der Waals surface area contributed by atoms with Crippen molar-refractivity contribution in [3.8, 4) is 23.3 Å². The Bertz CT molecular complexity index is 876. The second-order valence-corrected chi connectivity index (χ2v) is 8.35. The van der Waals surface area contributed by atoms with Gasteiger partial charge in [-0.25, -0.2) is 0 Å². The molecule has 0 bridgehead atoms. The molecule has 5 heteroatoms. The second kappa shape index (κ2) is 9.40. The molecule has 1 heterocycles. The molecule has 0 radical (unpaired) electrons. The fraction of sp³-hybridized carbons (Fsp3) is 0.480. The molecular weight excluding hydrogens is 376 g/mol. The zero-order valence-corrected chi connectivity index (χ0v) is 17.7. The quantitative estimate of drug-likeness (QED) is 0.503. The lowest BCUT2D eigenvalue weighted by Crippen LogP contribution is -2.29. The summed E-state index contributed by atoms with van der Waals surface area (Å²) in [6.07, 6.45) is 5.26. The van der Waals surface area contributed by atoms with Crippen LogP contribution in [0.2, 0.25) is 0 Å². The molecule has 0 aromatic heterocycles. The first-order chi connectivity index (χ1) is 14.7. The lowest BCUT2D eigenvalue weighted by atomic mass is 9.74. The predicted molar refractivity (Wildman–Crippen MR) is 116 cm³/mol. The van der Waals surface area contributed by atoms with Gasteiger partial charge in [0.15, 0.2) is 11.5 Å². The fourth-order valence-electron chi connectivity index (χ4n) is 4.34. The summed E-state index contributed by atoms with van der Waals surface area (Å²) in [5.74, 6) is 2.86. The van der Waals surface area contributed by atoms with Crippen molar-refractivity contribution in [2.75, 3.05) is 33.5 Å². The van der Waals surface area contributed by atoms with Crippen LogP contribution in [0, 0.1) is 17.2 Å². The average molecular weight is 407 g/mol. The van der Waals surface area contributed by atoms with Crippen molar-refractivity contribution in [2.24, 2.45) is 5.92 Å². The molecule has 0 saturated heterocycles. The molecular formula is C25H30N2O3. The summed E-state index contributed by atoms with van der Waals surface area (Å²) in [6.45, 7) is 2.91. The van der Waals surface area contributed by atoms with E-state index in [1.54, 1.807) is 0 Å². The third kappa shape index (κ3) is 4.71. The molecule has 0 N–H and O–H groups in total. The van der Waals surface area contributed by atoms with Gasteiger partial charge in [-0.3, -0.25) is 0 Å². The Morgan fingerprint density at radius 2 is 1.83 bits per heavy atom. The molecule has 2 aliphatic rings. The topological polar surface area (TPSA) is 54.7 Å². The van der Waals surface area contributed by atoms with Crippen molar-refractivity contribution in [1.29, 1.82) is 5.26 Å². The summed E-state index contributed by atoms with van der Waals surface area (Å²) >= 11 is 0. The van der Waals surface area contributed by atoms with Gasteiger partial charge in [-0.05, 0) is 69.3 Å². The lowest BCUT2D eigenvalue weighted by molar-refractivity contribution is 0.173. The van der Waals surface area contributed by atoms with E-state index in [1.807, 2.05) is 24.3 Å². The van der Waals surface area contributed by atoms with Crippen LogP contribution in [-0.2, 0) is 5.41 Å². The first-order valence-corrected chi connectivity index (χ1v) is 10.9. The van der Waals surface area contributed by atoms with Crippen molar-refractivity contribution in [3.05, 3.63) is 54.1 Å². The normalized spacial score (nSPS) is 16.8. The third-order valence-corrected chi connectivity index (χ3v) is 6.17. The zero-order chi connectivity index (χ0) is 20.8. The number of hydrogen-bond donors (Lipinski definition) is 0. The molecule has 4 rings (SSSR count). The number of nitriles is 1. The highest BCUT2D eigenvalue weighted by molar-refractivity contribution is 5.46. The van der Waals surface area contributed by atoms with Crippen molar-refractivity contribution in [1.82, 2.24) is 4.90 Å². The highest BCUT2D eigenvalue weighted by Gasteiger charge is 2.46. The molecule has 0 spiro atoms. The highest BCUT2D eigenvalue weighted by atomic mass is 16.7. The number of hydrogen-bond acceptors (Lipinski definition) is 5. The van der Waals surface area contributed by atoms with E-state index >= 15 is 0 Å². The van der Waals surface area contributed by atoms with Gasteiger partial charge in [0.25, 0.3) is 0 Å².